The van der Waals surface area contributed by atoms with Gasteiger partial charge in [0, 0.05) is 0 Å². The molecule has 1 N–H and O–H groups in total. The Morgan fingerprint density at radius 3 is 3.00 bits per heavy atom. The zero-order chi connectivity index (χ0) is 8.81. The molecule has 0 atom stereocenters. The lowest BCUT2D eigenvalue weighted by atomic mass is 10.5. The molecule has 0 unspecified atom stereocenters. The van der Waals surface area contributed by atoms with Gasteiger partial charge in [0.2, 0.25) is 0 Å². The van der Waals surface area contributed by atoms with Crippen molar-refractivity contribution in [2.24, 2.45) is 0 Å². The molecule has 0 aliphatic carbocycles. The number of hydrogen-bond acceptors (Lipinski definition) is 5. The van der Waals surface area contributed by atoms with E-state index in [2.05, 4.69) is 16.8 Å². The van der Waals surface area contributed by atoms with Crippen LogP contribution in [0.25, 0.3) is 0 Å². The van der Waals surface area contributed by atoms with E-state index in [1.165, 1.54) is 11.3 Å². The van der Waals surface area contributed by atoms with Crippen molar-refractivity contribution in [3.8, 4) is 5.19 Å². The van der Waals surface area contributed by atoms with E-state index in [1.54, 1.807) is 6.08 Å². The van der Waals surface area contributed by atoms with Gasteiger partial charge in [-0.3, -0.25) is 0 Å². The third-order valence-corrected chi connectivity index (χ3v) is 1.95. The number of aliphatic hydroxyl groups is 1. The summed E-state index contributed by atoms with van der Waals surface area (Å²) < 4.78 is 5.19. The highest BCUT2D eigenvalue weighted by Gasteiger charge is 2.02. The Kier molecular flexibility index (Phi) is 3.69. The van der Waals surface area contributed by atoms with Crippen LogP contribution >= 0.6 is 11.3 Å². The van der Waals surface area contributed by atoms with Gasteiger partial charge < -0.3 is 9.84 Å². The highest BCUT2D eigenvalue weighted by molar-refractivity contribution is 7.13. The Morgan fingerprint density at radius 2 is 2.42 bits per heavy atom. The first-order chi connectivity index (χ1) is 5.86. The van der Waals surface area contributed by atoms with Crippen LogP contribution in [0.4, 0.5) is 0 Å². The first-order valence-corrected chi connectivity index (χ1v) is 4.35. The van der Waals surface area contributed by atoms with E-state index in [1.807, 2.05) is 0 Å². The van der Waals surface area contributed by atoms with Crippen LogP contribution in [0.3, 0.4) is 0 Å². The lowest BCUT2D eigenvalue weighted by Gasteiger charge is -1.95. The molecule has 0 saturated carbocycles. The molecule has 0 aliphatic rings. The fourth-order valence-corrected chi connectivity index (χ4v) is 1.16. The molecule has 0 radical (unpaired) electrons. The van der Waals surface area contributed by atoms with Gasteiger partial charge in [0.25, 0.3) is 5.19 Å². The molecular weight excluding hydrogens is 176 g/mol. The molecule has 0 amide bonds. The fourth-order valence-electron chi connectivity index (χ4n) is 0.590. The van der Waals surface area contributed by atoms with Gasteiger partial charge in [0.05, 0.1) is 13.2 Å². The fraction of sp³-hybridized carbons (Fsp3) is 0.429. The Bertz CT molecular complexity index is 249. The third kappa shape index (κ3) is 2.60. The SMILES string of the molecule is C=CCCOc1nnc(CO)s1. The number of rotatable bonds is 5. The molecule has 12 heavy (non-hydrogen) atoms. The molecule has 0 aliphatic heterocycles. The normalized spacial score (nSPS) is 9.75. The molecule has 0 aromatic carbocycles. The van der Waals surface area contributed by atoms with Crippen molar-refractivity contribution in [3.05, 3.63) is 17.7 Å². The minimum absolute atomic E-state index is 0.0809. The van der Waals surface area contributed by atoms with Crippen LogP contribution in [0.2, 0.25) is 0 Å². The number of aromatic nitrogens is 2. The lowest BCUT2D eigenvalue weighted by molar-refractivity contribution is 0.280. The van der Waals surface area contributed by atoms with Crippen LogP contribution in [0, 0.1) is 0 Å². The second-order valence-corrected chi connectivity index (χ2v) is 3.07. The van der Waals surface area contributed by atoms with Gasteiger partial charge in [-0.15, -0.1) is 11.7 Å². The van der Waals surface area contributed by atoms with Crippen LogP contribution < -0.4 is 4.74 Å². The third-order valence-electron chi connectivity index (χ3n) is 1.13. The zero-order valence-electron chi connectivity index (χ0n) is 6.56. The second kappa shape index (κ2) is 4.84. The maximum Gasteiger partial charge on any atom is 0.294 e. The molecule has 4 nitrogen and oxygen atoms in total. The largest absolute Gasteiger partial charge is 0.469 e. The quantitative estimate of drug-likeness (QED) is 0.550. The van der Waals surface area contributed by atoms with Gasteiger partial charge in [-0.1, -0.05) is 22.5 Å². The smallest absolute Gasteiger partial charge is 0.294 e. The van der Waals surface area contributed by atoms with Crippen molar-refractivity contribution in [1.82, 2.24) is 10.2 Å². The summed E-state index contributed by atoms with van der Waals surface area (Å²) in [4.78, 5) is 0. The minimum Gasteiger partial charge on any atom is -0.469 e. The Labute approximate surface area is 74.5 Å². The summed E-state index contributed by atoms with van der Waals surface area (Å²) in [7, 11) is 0. The van der Waals surface area contributed by atoms with Gasteiger partial charge in [-0.05, 0) is 6.42 Å². The molecule has 0 bridgehead atoms. The zero-order valence-corrected chi connectivity index (χ0v) is 7.38. The summed E-state index contributed by atoms with van der Waals surface area (Å²) in [6.07, 6.45) is 2.56. The molecule has 1 heterocycles. The maximum absolute atomic E-state index is 8.66. The summed E-state index contributed by atoms with van der Waals surface area (Å²) in [5.41, 5.74) is 0. The van der Waals surface area contributed by atoms with Crippen LogP contribution in [0.15, 0.2) is 12.7 Å². The number of hydrogen-bond donors (Lipinski definition) is 1. The van der Waals surface area contributed by atoms with Crippen LogP contribution in [0.1, 0.15) is 11.4 Å². The monoisotopic (exact) mass is 186 g/mol. The molecule has 0 spiro atoms. The molecule has 66 valence electrons. The highest BCUT2D eigenvalue weighted by atomic mass is 32.1. The summed E-state index contributed by atoms with van der Waals surface area (Å²) >= 11 is 1.25. The van der Waals surface area contributed by atoms with Crippen molar-refractivity contribution < 1.29 is 9.84 Å². The molecule has 0 saturated heterocycles. The van der Waals surface area contributed by atoms with E-state index in [0.29, 0.717) is 16.8 Å². The predicted molar refractivity (Wildman–Crippen MR) is 46.1 cm³/mol. The molecule has 1 aromatic rings. The van der Waals surface area contributed by atoms with E-state index in [9.17, 15) is 0 Å². The molecule has 1 rings (SSSR count). The van der Waals surface area contributed by atoms with Gasteiger partial charge in [-0.25, -0.2) is 0 Å². The number of nitrogens with zero attached hydrogens (tertiary/aromatic N) is 2. The minimum atomic E-state index is -0.0809. The highest BCUT2D eigenvalue weighted by Crippen LogP contribution is 2.17. The van der Waals surface area contributed by atoms with Gasteiger partial charge in [0.15, 0.2) is 0 Å². The lowest BCUT2D eigenvalue weighted by Crippen LogP contribution is -1.94. The van der Waals surface area contributed by atoms with E-state index >= 15 is 0 Å². The first kappa shape index (κ1) is 9.15. The van der Waals surface area contributed by atoms with E-state index in [0.717, 1.165) is 6.42 Å². The Hall–Kier alpha value is -0.940. The summed E-state index contributed by atoms with van der Waals surface area (Å²) in [5.74, 6) is 0. The van der Waals surface area contributed by atoms with E-state index in [4.69, 9.17) is 9.84 Å². The van der Waals surface area contributed by atoms with E-state index in [-0.39, 0.29) is 6.61 Å². The molecule has 1 aromatic heterocycles. The molecule has 0 fully saturated rings. The standard InChI is InChI=1S/C7H10N2O2S/c1-2-3-4-11-7-9-8-6(5-10)12-7/h2,10H,1,3-5H2. The average Bonchev–Trinajstić information content (AvgIpc) is 2.53. The topological polar surface area (TPSA) is 55.2 Å². The van der Waals surface area contributed by atoms with Crippen molar-refractivity contribution >= 4 is 11.3 Å². The van der Waals surface area contributed by atoms with Crippen LogP contribution in [-0.2, 0) is 6.61 Å². The maximum atomic E-state index is 8.66. The second-order valence-electron chi connectivity index (χ2n) is 2.05. The van der Waals surface area contributed by atoms with Crippen molar-refractivity contribution in [2.45, 2.75) is 13.0 Å². The molecule has 5 heteroatoms. The summed E-state index contributed by atoms with van der Waals surface area (Å²) in [5, 5.41) is 17.1. The van der Waals surface area contributed by atoms with Gasteiger partial charge in [-0.2, -0.15) is 0 Å². The van der Waals surface area contributed by atoms with Crippen LogP contribution in [-0.4, -0.2) is 21.9 Å². The van der Waals surface area contributed by atoms with Crippen molar-refractivity contribution in [3.63, 3.8) is 0 Å². The first-order valence-electron chi connectivity index (χ1n) is 3.53. The predicted octanol–water partition coefficient (Wildman–Crippen LogP) is 0.985. The average molecular weight is 186 g/mol. The van der Waals surface area contributed by atoms with E-state index < -0.39 is 0 Å². The molecular formula is C7H10N2O2S. The van der Waals surface area contributed by atoms with Gasteiger partial charge >= 0.3 is 0 Å². The van der Waals surface area contributed by atoms with Crippen molar-refractivity contribution in [2.75, 3.05) is 6.61 Å². The number of aliphatic hydroxyl groups excluding tert-OH is 1. The summed E-state index contributed by atoms with van der Waals surface area (Å²) in [6.45, 7) is 4.04. The number of ether oxygens (including phenoxy) is 1. The van der Waals surface area contributed by atoms with Crippen molar-refractivity contribution in [1.29, 1.82) is 0 Å². The summed E-state index contributed by atoms with van der Waals surface area (Å²) in [6, 6.07) is 0. The van der Waals surface area contributed by atoms with Crippen LogP contribution in [0.5, 0.6) is 5.19 Å². The Balaban J connectivity index is 2.36. The Morgan fingerprint density at radius 1 is 1.58 bits per heavy atom. The van der Waals surface area contributed by atoms with Gasteiger partial charge in [0.1, 0.15) is 5.01 Å².